The van der Waals surface area contributed by atoms with Crippen LogP contribution in [0.1, 0.15) is 38.8 Å². The molecule has 158 valence electrons. The van der Waals surface area contributed by atoms with Crippen LogP contribution in [0.25, 0.3) is 6.08 Å². The lowest BCUT2D eigenvalue weighted by molar-refractivity contribution is 0.0886. The number of hydrogen-bond donors (Lipinski definition) is 0. The molecule has 6 heteroatoms. The molecule has 2 aromatic carbocycles. The van der Waals surface area contributed by atoms with Gasteiger partial charge in [0.25, 0.3) is 0 Å². The van der Waals surface area contributed by atoms with Gasteiger partial charge in [-0.05, 0) is 43.5 Å². The highest BCUT2D eigenvalue weighted by Crippen LogP contribution is 2.43. The number of ketones is 1. The summed E-state index contributed by atoms with van der Waals surface area (Å²) >= 11 is 1.74. The normalized spacial score (nSPS) is 16.6. The predicted octanol–water partition coefficient (Wildman–Crippen LogP) is 5.42. The quantitative estimate of drug-likeness (QED) is 0.503. The number of hydrogen-bond acceptors (Lipinski definition) is 6. The van der Waals surface area contributed by atoms with Crippen LogP contribution in [-0.4, -0.2) is 24.0 Å². The fourth-order valence-electron chi connectivity index (χ4n) is 4.05. The second-order valence-electron chi connectivity index (χ2n) is 7.62. The molecule has 1 aromatic heterocycles. The summed E-state index contributed by atoms with van der Waals surface area (Å²) in [6, 6.07) is 13.8. The minimum Gasteiger partial charge on any atom is -0.493 e. The van der Waals surface area contributed by atoms with Gasteiger partial charge in [-0.3, -0.25) is 9.69 Å². The lowest BCUT2D eigenvalue weighted by Gasteiger charge is -2.30. The molecule has 2 aliphatic rings. The molecule has 3 aromatic rings. The minimum absolute atomic E-state index is 0.109. The topological polar surface area (TPSA) is 48.0 Å². The summed E-state index contributed by atoms with van der Waals surface area (Å²) < 4.78 is 17.8. The third kappa shape index (κ3) is 3.73. The van der Waals surface area contributed by atoms with Gasteiger partial charge < -0.3 is 14.2 Å². The number of thiophene rings is 1. The molecule has 0 radical (unpaired) electrons. The molecule has 0 spiro atoms. The standard InChI is InChI=1S/C25H23NO4S/c1-3-28-21-9-5-4-7-17(21)12-22-23(27)20-11-18-13-26(14-19-8-6-10-31-19)15-29-24(18)16(2)25(20)30-22/h4-12H,3,13-15H2,1-2H3/b22-12-. The van der Waals surface area contributed by atoms with E-state index in [-0.39, 0.29) is 5.78 Å². The largest absolute Gasteiger partial charge is 0.493 e. The fraction of sp³-hybridized carbons (Fsp3) is 0.240. The van der Waals surface area contributed by atoms with Crippen molar-refractivity contribution in [1.82, 2.24) is 4.90 Å². The van der Waals surface area contributed by atoms with E-state index >= 15 is 0 Å². The van der Waals surface area contributed by atoms with Crippen LogP contribution in [-0.2, 0) is 13.1 Å². The molecule has 0 amide bonds. The van der Waals surface area contributed by atoms with Crippen molar-refractivity contribution in [2.75, 3.05) is 13.3 Å². The van der Waals surface area contributed by atoms with Crippen molar-refractivity contribution in [2.24, 2.45) is 0 Å². The van der Waals surface area contributed by atoms with Crippen LogP contribution in [0.4, 0.5) is 0 Å². The SMILES string of the molecule is CCOc1ccccc1/C=C1\Oc2c(cc3c(c2C)OCN(Cc2cccs2)C3)C1=O. The number of ether oxygens (including phenoxy) is 3. The van der Waals surface area contributed by atoms with Gasteiger partial charge in [-0.1, -0.05) is 24.3 Å². The molecule has 0 unspecified atom stereocenters. The van der Waals surface area contributed by atoms with Gasteiger partial charge in [0.1, 0.15) is 24.0 Å². The second kappa shape index (κ2) is 8.21. The zero-order chi connectivity index (χ0) is 21.4. The van der Waals surface area contributed by atoms with Crippen molar-refractivity contribution in [3.05, 3.63) is 80.7 Å². The molecular weight excluding hydrogens is 410 g/mol. The number of nitrogens with zero attached hydrogens (tertiary/aromatic N) is 1. The first-order valence-corrected chi connectivity index (χ1v) is 11.2. The summed E-state index contributed by atoms with van der Waals surface area (Å²) in [5, 5.41) is 2.08. The van der Waals surface area contributed by atoms with E-state index in [9.17, 15) is 4.79 Å². The van der Waals surface area contributed by atoms with Crippen LogP contribution >= 0.6 is 11.3 Å². The Balaban J connectivity index is 1.44. The summed E-state index contributed by atoms with van der Waals surface area (Å²) in [5.41, 5.74) is 3.31. The molecule has 5 nitrogen and oxygen atoms in total. The Morgan fingerprint density at radius 1 is 1.19 bits per heavy atom. The van der Waals surface area contributed by atoms with Gasteiger partial charge in [0.15, 0.2) is 5.76 Å². The van der Waals surface area contributed by atoms with Gasteiger partial charge in [0, 0.05) is 34.7 Å². The van der Waals surface area contributed by atoms with E-state index in [1.54, 1.807) is 17.4 Å². The number of fused-ring (bicyclic) bond motifs is 2. The Bertz CT molecular complexity index is 1170. The third-order valence-corrected chi connectivity index (χ3v) is 6.33. The molecule has 2 aliphatic heterocycles. The first-order valence-electron chi connectivity index (χ1n) is 10.3. The number of carbonyl (C=O) groups excluding carboxylic acids is 1. The molecular formula is C25H23NO4S. The first kappa shape index (κ1) is 19.8. The summed E-state index contributed by atoms with van der Waals surface area (Å²) in [7, 11) is 0. The van der Waals surface area contributed by atoms with Crippen molar-refractivity contribution in [2.45, 2.75) is 26.9 Å². The van der Waals surface area contributed by atoms with Gasteiger partial charge in [-0.2, -0.15) is 0 Å². The summed E-state index contributed by atoms with van der Waals surface area (Å²) in [5.74, 6) is 2.35. The number of allylic oxidation sites excluding steroid dienone is 1. The maximum atomic E-state index is 13.2. The van der Waals surface area contributed by atoms with Crippen molar-refractivity contribution >= 4 is 23.2 Å². The van der Waals surface area contributed by atoms with Crippen molar-refractivity contribution in [3.8, 4) is 17.2 Å². The van der Waals surface area contributed by atoms with Crippen LogP contribution in [0.3, 0.4) is 0 Å². The summed E-state index contributed by atoms with van der Waals surface area (Å²) in [6.45, 7) is 6.53. The van der Waals surface area contributed by atoms with Crippen molar-refractivity contribution in [3.63, 3.8) is 0 Å². The van der Waals surface area contributed by atoms with E-state index in [1.807, 2.05) is 44.2 Å². The Morgan fingerprint density at radius 2 is 2.06 bits per heavy atom. The molecule has 0 bridgehead atoms. The lowest BCUT2D eigenvalue weighted by atomic mass is 10.00. The highest BCUT2D eigenvalue weighted by Gasteiger charge is 2.33. The van der Waals surface area contributed by atoms with Gasteiger partial charge in [0.2, 0.25) is 5.78 Å². The predicted molar refractivity (Wildman–Crippen MR) is 121 cm³/mol. The highest BCUT2D eigenvalue weighted by molar-refractivity contribution is 7.09. The van der Waals surface area contributed by atoms with Crippen molar-refractivity contribution in [1.29, 1.82) is 0 Å². The van der Waals surface area contributed by atoms with Gasteiger partial charge in [-0.25, -0.2) is 0 Å². The minimum atomic E-state index is -0.109. The molecule has 31 heavy (non-hydrogen) atoms. The van der Waals surface area contributed by atoms with E-state index < -0.39 is 0 Å². The van der Waals surface area contributed by atoms with Crippen LogP contribution in [0.2, 0.25) is 0 Å². The Morgan fingerprint density at radius 3 is 2.87 bits per heavy atom. The highest BCUT2D eigenvalue weighted by atomic mass is 32.1. The average Bonchev–Trinajstić information content (AvgIpc) is 3.39. The first-order chi connectivity index (χ1) is 15.1. The molecule has 0 N–H and O–H groups in total. The molecule has 0 fully saturated rings. The number of para-hydroxylation sites is 1. The third-order valence-electron chi connectivity index (χ3n) is 5.47. The number of carbonyl (C=O) groups is 1. The van der Waals surface area contributed by atoms with Gasteiger partial charge in [0.05, 0.1) is 12.2 Å². The Kier molecular flexibility index (Phi) is 5.26. The number of benzene rings is 2. The smallest absolute Gasteiger partial charge is 0.231 e. The van der Waals surface area contributed by atoms with Crippen LogP contribution in [0, 0.1) is 6.92 Å². The Hall–Kier alpha value is -3.09. The zero-order valence-electron chi connectivity index (χ0n) is 17.5. The molecule has 3 heterocycles. The van der Waals surface area contributed by atoms with Crippen LogP contribution in [0.15, 0.2) is 53.6 Å². The maximum Gasteiger partial charge on any atom is 0.231 e. The fourth-order valence-corrected chi connectivity index (χ4v) is 4.79. The van der Waals surface area contributed by atoms with E-state index in [0.717, 1.165) is 41.3 Å². The Labute approximate surface area is 185 Å². The van der Waals surface area contributed by atoms with Gasteiger partial charge >= 0.3 is 0 Å². The molecule has 0 saturated carbocycles. The second-order valence-corrected chi connectivity index (χ2v) is 8.65. The number of rotatable bonds is 5. The summed E-state index contributed by atoms with van der Waals surface area (Å²) in [6.07, 6.45) is 1.76. The van der Waals surface area contributed by atoms with E-state index in [0.29, 0.717) is 30.4 Å². The van der Waals surface area contributed by atoms with Crippen LogP contribution in [0.5, 0.6) is 17.2 Å². The zero-order valence-corrected chi connectivity index (χ0v) is 18.3. The lowest BCUT2D eigenvalue weighted by Crippen LogP contribution is -2.31. The average molecular weight is 434 g/mol. The maximum absolute atomic E-state index is 13.2. The van der Waals surface area contributed by atoms with Crippen molar-refractivity contribution < 1.29 is 19.0 Å². The van der Waals surface area contributed by atoms with E-state index in [1.165, 1.54) is 4.88 Å². The van der Waals surface area contributed by atoms with Crippen LogP contribution < -0.4 is 14.2 Å². The summed E-state index contributed by atoms with van der Waals surface area (Å²) in [4.78, 5) is 16.7. The van der Waals surface area contributed by atoms with E-state index in [2.05, 4.69) is 22.4 Å². The monoisotopic (exact) mass is 433 g/mol. The molecule has 5 rings (SSSR count). The number of Topliss-reactive ketones (excluding diaryl/α,β-unsaturated/α-hetero) is 1. The van der Waals surface area contributed by atoms with E-state index in [4.69, 9.17) is 14.2 Å². The molecule has 0 saturated heterocycles. The molecule has 0 aliphatic carbocycles. The van der Waals surface area contributed by atoms with Gasteiger partial charge in [-0.15, -0.1) is 11.3 Å². The molecule has 0 atom stereocenters.